The Morgan fingerprint density at radius 3 is 2.48 bits per heavy atom. The zero-order valence-electron chi connectivity index (χ0n) is 14.5. The summed E-state index contributed by atoms with van der Waals surface area (Å²) in [6, 6.07) is 11.0. The summed E-state index contributed by atoms with van der Waals surface area (Å²) in [6.07, 6.45) is 0. The Balaban J connectivity index is 1.51. The van der Waals surface area contributed by atoms with Crippen molar-refractivity contribution < 1.29 is 18.7 Å². The lowest BCUT2D eigenvalue weighted by Gasteiger charge is -2.36. The van der Waals surface area contributed by atoms with Crippen LogP contribution in [0.4, 0.5) is 15.8 Å². The zero-order valence-corrected chi connectivity index (χ0v) is 15.3. The molecule has 0 atom stereocenters. The highest BCUT2D eigenvalue weighted by Gasteiger charge is 2.24. The number of benzene rings is 2. The lowest BCUT2D eigenvalue weighted by molar-refractivity contribution is -0.134. The lowest BCUT2D eigenvalue weighted by atomic mass is 10.2. The van der Waals surface area contributed by atoms with E-state index in [4.69, 9.17) is 22.1 Å². The molecule has 1 fully saturated rings. The Morgan fingerprint density at radius 2 is 1.81 bits per heavy atom. The maximum absolute atomic E-state index is 13.9. The highest BCUT2D eigenvalue weighted by Crippen LogP contribution is 2.21. The van der Waals surface area contributed by atoms with Crippen LogP contribution in [0.25, 0.3) is 0 Å². The first-order chi connectivity index (χ1) is 13.0. The Bertz CT molecular complexity index is 854. The molecule has 2 aromatic rings. The van der Waals surface area contributed by atoms with Crippen molar-refractivity contribution in [1.29, 1.82) is 0 Å². The summed E-state index contributed by atoms with van der Waals surface area (Å²) in [6.45, 7) is 1.48. The first-order valence-electron chi connectivity index (χ1n) is 8.45. The number of anilines is 2. The molecular weight excluding hydrogens is 373 g/mol. The number of carbonyl (C=O) groups is 2. The second kappa shape index (κ2) is 8.26. The number of halogens is 2. The first kappa shape index (κ1) is 19.0. The van der Waals surface area contributed by atoms with Crippen LogP contribution in [-0.2, 0) is 9.53 Å². The number of hydrogen-bond acceptors (Lipinski definition) is 5. The molecule has 2 N–H and O–H groups in total. The molecule has 1 amide bonds. The van der Waals surface area contributed by atoms with Crippen LogP contribution in [-0.4, -0.2) is 49.6 Å². The molecule has 8 heteroatoms. The number of carbonyl (C=O) groups excluding carboxylic acids is 2. The number of piperazine rings is 1. The van der Waals surface area contributed by atoms with E-state index in [1.807, 2.05) is 4.90 Å². The molecule has 1 aliphatic heterocycles. The van der Waals surface area contributed by atoms with Crippen molar-refractivity contribution in [3.8, 4) is 0 Å². The van der Waals surface area contributed by atoms with Gasteiger partial charge in [-0.25, -0.2) is 9.18 Å². The Kier molecular flexibility index (Phi) is 5.81. The number of para-hydroxylation sites is 1. The monoisotopic (exact) mass is 391 g/mol. The molecule has 0 saturated carbocycles. The summed E-state index contributed by atoms with van der Waals surface area (Å²) in [5.41, 5.74) is 6.62. The van der Waals surface area contributed by atoms with Crippen molar-refractivity contribution in [3.05, 3.63) is 58.9 Å². The van der Waals surface area contributed by atoms with E-state index in [0.29, 0.717) is 36.9 Å². The number of nitrogens with two attached hydrogens (primary N) is 1. The minimum absolute atomic E-state index is 0.163. The Labute approximate surface area is 161 Å². The summed E-state index contributed by atoms with van der Waals surface area (Å²) in [7, 11) is 0. The molecular formula is C19H19ClFN3O3. The highest BCUT2D eigenvalue weighted by atomic mass is 35.5. The standard InChI is InChI=1S/C19H19ClFN3O3/c20-13-5-6-14(16(22)11-13)19(26)27-12-18(25)24-9-7-23(8-10-24)17-4-2-1-3-15(17)21/h1-6,11H,7-10,12,22H2. The van der Waals surface area contributed by atoms with Gasteiger partial charge in [0.2, 0.25) is 0 Å². The smallest absolute Gasteiger partial charge is 0.340 e. The van der Waals surface area contributed by atoms with Gasteiger partial charge in [-0.05, 0) is 30.3 Å². The van der Waals surface area contributed by atoms with Crippen LogP contribution in [0, 0.1) is 5.82 Å². The van der Waals surface area contributed by atoms with Gasteiger partial charge in [0, 0.05) is 36.9 Å². The van der Waals surface area contributed by atoms with E-state index in [-0.39, 0.29) is 29.6 Å². The van der Waals surface area contributed by atoms with Gasteiger partial charge in [0.05, 0.1) is 11.3 Å². The molecule has 27 heavy (non-hydrogen) atoms. The molecule has 3 rings (SSSR count). The van der Waals surface area contributed by atoms with Gasteiger partial charge in [-0.15, -0.1) is 0 Å². The van der Waals surface area contributed by atoms with Crippen LogP contribution in [0.2, 0.25) is 5.02 Å². The number of ether oxygens (including phenoxy) is 1. The van der Waals surface area contributed by atoms with Gasteiger partial charge in [0.1, 0.15) is 5.82 Å². The minimum atomic E-state index is -0.678. The molecule has 0 spiro atoms. The number of nitrogens with zero attached hydrogens (tertiary/aromatic N) is 2. The van der Waals surface area contributed by atoms with Crippen LogP contribution in [0.5, 0.6) is 0 Å². The van der Waals surface area contributed by atoms with E-state index in [2.05, 4.69) is 0 Å². The van der Waals surface area contributed by atoms with Crippen LogP contribution in [0.15, 0.2) is 42.5 Å². The molecule has 2 aromatic carbocycles. The zero-order chi connectivity index (χ0) is 19.4. The number of hydrogen-bond donors (Lipinski definition) is 1. The van der Waals surface area contributed by atoms with Gasteiger partial charge in [-0.1, -0.05) is 23.7 Å². The second-order valence-corrected chi connectivity index (χ2v) is 6.56. The third-order valence-corrected chi connectivity index (χ3v) is 4.62. The fourth-order valence-corrected chi connectivity index (χ4v) is 3.10. The summed E-state index contributed by atoms with van der Waals surface area (Å²) in [5.74, 6) is -1.27. The van der Waals surface area contributed by atoms with E-state index < -0.39 is 5.97 Å². The van der Waals surface area contributed by atoms with E-state index in [1.165, 1.54) is 24.3 Å². The number of nitrogen functional groups attached to an aromatic ring is 1. The number of amides is 1. The van der Waals surface area contributed by atoms with Crippen molar-refractivity contribution in [2.75, 3.05) is 43.4 Å². The maximum atomic E-state index is 13.9. The summed E-state index contributed by atoms with van der Waals surface area (Å²) in [5, 5.41) is 0.410. The molecule has 0 unspecified atom stereocenters. The average Bonchev–Trinajstić information content (AvgIpc) is 2.66. The summed E-state index contributed by atoms with van der Waals surface area (Å²) >= 11 is 5.80. The van der Waals surface area contributed by atoms with Gasteiger partial charge >= 0.3 is 5.97 Å². The van der Waals surface area contributed by atoms with Gasteiger partial charge in [0.25, 0.3) is 5.91 Å². The van der Waals surface area contributed by atoms with Crippen LogP contribution in [0.3, 0.4) is 0 Å². The quantitative estimate of drug-likeness (QED) is 0.640. The van der Waals surface area contributed by atoms with Crippen molar-refractivity contribution in [2.24, 2.45) is 0 Å². The largest absolute Gasteiger partial charge is 0.452 e. The van der Waals surface area contributed by atoms with Gasteiger partial charge in [-0.3, -0.25) is 4.79 Å². The average molecular weight is 392 g/mol. The van der Waals surface area contributed by atoms with Crippen molar-refractivity contribution >= 4 is 34.9 Å². The molecule has 6 nitrogen and oxygen atoms in total. The summed E-state index contributed by atoms with van der Waals surface area (Å²) < 4.78 is 18.9. The third kappa shape index (κ3) is 4.49. The number of esters is 1. The molecule has 1 aliphatic rings. The Hall–Kier alpha value is -2.80. The van der Waals surface area contributed by atoms with E-state index in [9.17, 15) is 14.0 Å². The SMILES string of the molecule is Nc1cc(Cl)ccc1C(=O)OCC(=O)N1CCN(c2ccccc2F)CC1. The van der Waals surface area contributed by atoms with E-state index in [0.717, 1.165) is 0 Å². The van der Waals surface area contributed by atoms with Gasteiger partial charge in [-0.2, -0.15) is 0 Å². The van der Waals surface area contributed by atoms with Crippen molar-refractivity contribution in [3.63, 3.8) is 0 Å². The van der Waals surface area contributed by atoms with E-state index >= 15 is 0 Å². The van der Waals surface area contributed by atoms with Crippen LogP contribution in [0.1, 0.15) is 10.4 Å². The summed E-state index contributed by atoms with van der Waals surface area (Å²) in [4.78, 5) is 27.8. The van der Waals surface area contributed by atoms with Crippen molar-refractivity contribution in [2.45, 2.75) is 0 Å². The topological polar surface area (TPSA) is 75.9 Å². The Morgan fingerprint density at radius 1 is 1.11 bits per heavy atom. The first-order valence-corrected chi connectivity index (χ1v) is 8.83. The van der Waals surface area contributed by atoms with Gasteiger partial charge < -0.3 is 20.3 Å². The molecule has 0 aromatic heterocycles. The van der Waals surface area contributed by atoms with Gasteiger partial charge in [0.15, 0.2) is 6.61 Å². The fourth-order valence-electron chi connectivity index (χ4n) is 2.92. The fraction of sp³-hybridized carbons (Fsp3) is 0.263. The molecule has 0 bridgehead atoms. The molecule has 1 saturated heterocycles. The van der Waals surface area contributed by atoms with E-state index in [1.54, 1.807) is 23.1 Å². The van der Waals surface area contributed by atoms with Crippen LogP contribution >= 0.6 is 11.6 Å². The molecule has 0 aliphatic carbocycles. The maximum Gasteiger partial charge on any atom is 0.340 e. The normalized spacial score (nSPS) is 14.1. The molecule has 142 valence electrons. The predicted molar refractivity (Wildman–Crippen MR) is 101 cm³/mol. The number of rotatable bonds is 4. The van der Waals surface area contributed by atoms with Crippen LogP contribution < -0.4 is 10.6 Å². The highest BCUT2D eigenvalue weighted by molar-refractivity contribution is 6.31. The molecule has 1 heterocycles. The second-order valence-electron chi connectivity index (χ2n) is 6.13. The third-order valence-electron chi connectivity index (χ3n) is 4.39. The predicted octanol–water partition coefficient (Wildman–Crippen LogP) is 2.57. The van der Waals surface area contributed by atoms with Crippen molar-refractivity contribution in [1.82, 2.24) is 4.90 Å². The minimum Gasteiger partial charge on any atom is -0.452 e. The molecule has 0 radical (unpaired) electrons. The lowest BCUT2D eigenvalue weighted by Crippen LogP contribution is -2.50.